The lowest BCUT2D eigenvalue weighted by atomic mass is 9.80. The van der Waals surface area contributed by atoms with Crippen LogP contribution in [0.25, 0.3) is 0 Å². The van der Waals surface area contributed by atoms with Gasteiger partial charge in [0.1, 0.15) is 0 Å². The maximum absolute atomic E-state index is 12.7. The van der Waals surface area contributed by atoms with Crippen molar-refractivity contribution in [2.24, 2.45) is 11.8 Å². The molecule has 2 saturated carbocycles. The number of hydrogen-bond acceptors (Lipinski definition) is 4. The SMILES string of the molecule is CCOC(=O)C1CCC(CC(=O)N2CCc3c(C4CC4)n[nH]c3C2)CC1. The van der Waals surface area contributed by atoms with Crippen molar-refractivity contribution < 1.29 is 14.3 Å². The van der Waals surface area contributed by atoms with Crippen molar-refractivity contribution >= 4 is 11.9 Å². The number of nitrogens with zero attached hydrogens (tertiary/aromatic N) is 2. The summed E-state index contributed by atoms with van der Waals surface area (Å²) < 4.78 is 5.13. The highest BCUT2D eigenvalue weighted by Gasteiger charge is 2.34. The zero-order valence-corrected chi connectivity index (χ0v) is 15.6. The molecular weight excluding hydrogens is 330 g/mol. The number of amides is 1. The van der Waals surface area contributed by atoms with Gasteiger partial charge < -0.3 is 9.64 Å². The first-order valence-electron chi connectivity index (χ1n) is 10.2. The molecule has 0 unspecified atom stereocenters. The van der Waals surface area contributed by atoms with E-state index < -0.39 is 0 Å². The molecule has 0 spiro atoms. The van der Waals surface area contributed by atoms with Gasteiger partial charge in [-0.05, 0) is 57.8 Å². The highest BCUT2D eigenvalue weighted by molar-refractivity contribution is 5.77. The van der Waals surface area contributed by atoms with Gasteiger partial charge in [0.25, 0.3) is 0 Å². The van der Waals surface area contributed by atoms with Crippen molar-refractivity contribution in [1.82, 2.24) is 15.1 Å². The molecule has 4 rings (SSSR count). The molecule has 3 aliphatic rings. The summed E-state index contributed by atoms with van der Waals surface area (Å²) in [6, 6.07) is 0. The molecule has 1 N–H and O–H groups in total. The van der Waals surface area contributed by atoms with Crippen LogP contribution in [-0.4, -0.2) is 40.1 Å². The van der Waals surface area contributed by atoms with Gasteiger partial charge in [-0.2, -0.15) is 5.10 Å². The van der Waals surface area contributed by atoms with E-state index in [1.54, 1.807) is 0 Å². The molecule has 0 bridgehead atoms. The van der Waals surface area contributed by atoms with Gasteiger partial charge >= 0.3 is 5.97 Å². The first-order valence-corrected chi connectivity index (χ1v) is 10.2. The minimum atomic E-state index is -0.0634. The summed E-state index contributed by atoms with van der Waals surface area (Å²) in [6.45, 7) is 3.78. The third-order valence-electron chi connectivity index (χ3n) is 6.21. The van der Waals surface area contributed by atoms with Gasteiger partial charge in [0.2, 0.25) is 5.91 Å². The Labute approximate surface area is 154 Å². The number of carbonyl (C=O) groups is 2. The second-order valence-corrected chi connectivity index (χ2v) is 8.08. The van der Waals surface area contributed by atoms with Crippen LogP contribution in [0.1, 0.15) is 74.7 Å². The van der Waals surface area contributed by atoms with Gasteiger partial charge in [-0.25, -0.2) is 0 Å². The minimum absolute atomic E-state index is 0.0321. The van der Waals surface area contributed by atoms with Crippen LogP contribution in [0.15, 0.2) is 0 Å². The molecule has 2 aliphatic carbocycles. The summed E-state index contributed by atoms with van der Waals surface area (Å²) in [5.74, 6) is 1.28. The van der Waals surface area contributed by atoms with Crippen LogP contribution in [-0.2, 0) is 27.3 Å². The summed E-state index contributed by atoms with van der Waals surface area (Å²) >= 11 is 0. The van der Waals surface area contributed by atoms with Gasteiger partial charge in [0, 0.05) is 24.4 Å². The van der Waals surface area contributed by atoms with E-state index >= 15 is 0 Å². The summed E-state index contributed by atoms with van der Waals surface area (Å²) in [6.07, 6.45) is 7.66. The number of carbonyl (C=O) groups excluding carboxylic acids is 2. The number of fused-ring (bicyclic) bond motifs is 1. The monoisotopic (exact) mass is 359 g/mol. The molecule has 0 atom stereocenters. The van der Waals surface area contributed by atoms with Crippen molar-refractivity contribution in [3.63, 3.8) is 0 Å². The van der Waals surface area contributed by atoms with E-state index in [9.17, 15) is 9.59 Å². The smallest absolute Gasteiger partial charge is 0.308 e. The Bertz CT molecular complexity index is 672. The third-order valence-corrected chi connectivity index (χ3v) is 6.21. The largest absolute Gasteiger partial charge is 0.466 e. The number of aromatic amines is 1. The Morgan fingerprint density at radius 3 is 2.65 bits per heavy atom. The number of ether oxygens (including phenoxy) is 1. The van der Waals surface area contributed by atoms with Crippen LogP contribution in [0.4, 0.5) is 0 Å². The topological polar surface area (TPSA) is 75.3 Å². The molecule has 1 aliphatic heterocycles. The van der Waals surface area contributed by atoms with Gasteiger partial charge in [-0.15, -0.1) is 0 Å². The van der Waals surface area contributed by atoms with Crippen LogP contribution >= 0.6 is 0 Å². The van der Waals surface area contributed by atoms with Gasteiger partial charge in [0.15, 0.2) is 0 Å². The molecule has 6 nitrogen and oxygen atoms in total. The van der Waals surface area contributed by atoms with Crippen LogP contribution in [0.2, 0.25) is 0 Å². The molecule has 142 valence electrons. The van der Waals surface area contributed by atoms with E-state index in [0.29, 0.717) is 31.4 Å². The molecule has 1 aromatic heterocycles. The quantitative estimate of drug-likeness (QED) is 0.820. The predicted octanol–water partition coefficient (Wildman–Crippen LogP) is 2.93. The lowest BCUT2D eigenvalue weighted by Crippen LogP contribution is -2.37. The normalized spacial score (nSPS) is 25.7. The average Bonchev–Trinajstić information content (AvgIpc) is 3.41. The zero-order chi connectivity index (χ0) is 18.1. The van der Waals surface area contributed by atoms with Crippen LogP contribution in [0, 0.1) is 11.8 Å². The molecular formula is C20H29N3O3. The minimum Gasteiger partial charge on any atom is -0.466 e. The Morgan fingerprint density at radius 2 is 1.96 bits per heavy atom. The van der Waals surface area contributed by atoms with Gasteiger partial charge in [0.05, 0.1) is 30.5 Å². The fraction of sp³-hybridized carbons (Fsp3) is 0.750. The number of hydrogen-bond donors (Lipinski definition) is 1. The van der Waals surface area contributed by atoms with Gasteiger partial charge in [-0.1, -0.05) is 0 Å². The molecule has 2 heterocycles. The van der Waals surface area contributed by atoms with E-state index in [1.165, 1.54) is 24.1 Å². The summed E-state index contributed by atoms with van der Waals surface area (Å²) in [4.78, 5) is 26.6. The Balaban J connectivity index is 1.27. The number of H-pyrrole nitrogens is 1. The number of rotatable bonds is 5. The van der Waals surface area contributed by atoms with E-state index in [1.807, 2.05) is 11.8 Å². The third kappa shape index (κ3) is 3.64. The lowest BCUT2D eigenvalue weighted by molar-refractivity contribution is -0.149. The summed E-state index contributed by atoms with van der Waals surface area (Å²) in [5, 5.41) is 7.67. The standard InChI is InChI=1S/C20H29N3O3/c1-2-26-20(25)15-5-3-13(4-6-15)11-18(24)23-10-9-16-17(12-23)21-22-19(16)14-7-8-14/h13-15H,2-12H2,1H3,(H,21,22). The van der Waals surface area contributed by atoms with E-state index in [0.717, 1.165) is 44.3 Å². The summed E-state index contributed by atoms with van der Waals surface area (Å²) in [7, 11) is 0. The maximum atomic E-state index is 12.7. The van der Waals surface area contributed by atoms with Crippen molar-refractivity contribution in [2.75, 3.05) is 13.2 Å². The molecule has 1 amide bonds. The molecule has 0 radical (unpaired) electrons. The van der Waals surface area contributed by atoms with Crippen LogP contribution in [0.5, 0.6) is 0 Å². The summed E-state index contributed by atoms with van der Waals surface area (Å²) in [5.41, 5.74) is 3.76. The predicted molar refractivity (Wildman–Crippen MR) is 96.4 cm³/mol. The fourth-order valence-electron chi connectivity index (χ4n) is 4.49. The maximum Gasteiger partial charge on any atom is 0.308 e. The number of esters is 1. The fourth-order valence-corrected chi connectivity index (χ4v) is 4.49. The Kier molecular flexibility index (Phi) is 5.00. The average molecular weight is 359 g/mol. The van der Waals surface area contributed by atoms with Crippen molar-refractivity contribution in [1.29, 1.82) is 0 Å². The second kappa shape index (κ2) is 7.41. The zero-order valence-electron chi connectivity index (χ0n) is 15.6. The Hall–Kier alpha value is -1.85. The first-order chi connectivity index (χ1) is 12.7. The van der Waals surface area contributed by atoms with E-state index in [2.05, 4.69) is 10.2 Å². The molecule has 6 heteroatoms. The van der Waals surface area contributed by atoms with E-state index in [4.69, 9.17) is 4.74 Å². The molecule has 0 aromatic carbocycles. The molecule has 0 saturated heterocycles. The van der Waals surface area contributed by atoms with E-state index in [-0.39, 0.29) is 17.8 Å². The first kappa shape index (κ1) is 17.6. The van der Waals surface area contributed by atoms with Crippen LogP contribution < -0.4 is 0 Å². The second-order valence-electron chi connectivity index (χ2n) is 8.08. The molecule has 26 heavy (non-hydrogen) atoms. The van der Waals surface area contributed by atoms with Crippen LogP contribution in [0.3, 0.4) is 0 Å². The molecule has 1 aromatic rings. The van der Waals surface area contributed by atoms with Crippen molar-refractivity contribution in [3.05, 3.63) is 17.0 Å². The Morgan fingerprint density at radius 1 is 1.19 bits per heavy atom. The number of nitrogens with one attached hydrogen (secondary N) is 1. The molecule has 2 fully saturated rings. The van der Waals surface area contributed by atoms with Crippen molar-refractivity contribution in [2.45, 2.75) is 70.8 Å². The highest BCUT2D eigenvalue weighted by Crippen LogP contribution is 2.42. The number of aromatic nitrogens is 2. The lowest BCUT2D eigenvalue weighted by Gasteiger charge is -2.31. The van der Waals surface area contributed by atoms with Gasteiger partial charge in [-0.3, -0.25) is 14.7 Å². The van der Waals surface area contributed by atoms with Crippen molar-refractivity contribution in [3.8, 4) is 0 Å². The highest BCUT2D eigenvalue weighted by atomic mass is 16.5.